The van der Waals surface area contributed by atoms with Crippen molar-refractivity contribution >= 4 is 11.8 Å². The van der Waals surface area contributed by atoms with Gasteiger partial charge in [0, 0.05) is 50.4 Å². The molecule has 0 aromatic carbocycles. The Morgan fingerprint density at radius 1 is 1.19 bits per heavy atom. The molecule has 3 rings (SSSR count). The third kappa shape index (κ3) is 3.61. The highest BCUT2D eigenvalue weighted by molar-refractivity contribution is 7.99. The molecule has 0 unspecified atom stereocenters. The second-order valence-corrected chi connectivity index (χ2v) is 5.97. The van der Waals surface area contributed by atoms with E-state index >= 15 is 0 Å². The largest absolute Gasteiger partial charge is 0.379 e. The van der Waals surface area contributed by atoms with E-state index in [0.717, 1.165) is 55.1 Å². The van der Waals surface area contributed by atoms with Crippen LogP contribution < -0.4 is 0 Å². The van der Waals surface area contributed by atoms with E-state index in [0.29, 0.717) is 0 Å². The van der Waals surface area contributed by atoms with E-state index in [4.69, 9.17) is 4.74 Å². The lowest BCUT2D eigenvalue weighted by atomic mass is 10.2. The number of nitrogens with zero attached hydrogens (tertiary/aromatic N) is 5. The summed E-state index contributed by atoms with van der Waals surface area (Å²) in [5.41, 5.74) is 1.04. The van der Waals surface area contributed by atoms with Crippen molar-refractivity contribution in [1.29, 1.82) is 0 Å². The van der Waals surface area contributed by atoms with Gasteiger partial charge in [-0.3, -0.25) is 9.88 Å². The van der Waals surface area contributed by atoms with Crippen molar-refractivity contribution in [3.05, 3.63) is 24.5 Å². The highest BCUT2D eigenvalue weighted by Crippen LogP contribution is 2.22. The van der Waals surface area contributed by atoms with Crippen LogP contribution in [0.1, 0.15) is 0 Å². The first-order chi connectivity index (χ1) is 10.3. The molecule has 0 bridgehead atoms. The van der Waals surface area contributed by atoms with E-state index < -0.39 is 0 Å². The Labute approximate surface area is 128 Å². The van der Waals surface area contributed by atoms with Crippen molar-refractivity contribution in [3.8, 4) is 11.4 Å². The van der Waals surface area contributed by atoms with Crippen LogP contribution in [-0.2, 0) is 11.8 Å². The highest BCUT2D eigenvalue weighted by Gasteiger charge is 2.13. The molecule has 0 saturated carbocycles. The third-order valence-electron chi connectivity index (χ3n) is 3.52. The molecule has 0 radical (unpaired) electrons. The molecule has 21 heavy (non-hydrogen) atoms. The number of thioether (sulfide) groups is 1. The SMILES string of the molecule is Cn1c(SCCN2CCOCC2)nnc1-c1ccncc1. The Morgan fingerprint density at radius 2 is 1.95 bits per heavy atom. The summed E-state index contributed by atoms with van der Waals surface area (Å²) in [6, 6.07) is 3.90. The molecule has 1 saturated heterocycles. The van der Waals surface area contributed by atoms with Crippen LogP contribution in [0.15, 0.2) is 29.7 Å². The molecule has 0 N–H and O–H groups in total. The summed E-state index contributed by atoms with van der Waals surface area (Å²) < 4.78 is 7.40. The maximum Gasteiger partial charge on any atom is 0.191 e. The highest BCUT2D eigenvalue weighted by atomic mass is 32.2. The van der Waals surface area contributed by atoms with Gasteiger partial charge in [-0.15, -0.1) is 10.2 Å². The second-order valence-electron chi connectivity index (χ2n) is 4.90. The maximum absolute atomic E-state index is 5.36. The summed E-state index contributed by atoms with van der Waals surface area (Å²) in [5, 5.41) is 9.52. The Kier molecular flexibility index (Phi) is 4.84. The molecule has 0 aliphatic carbocycles. The smallest absolute Gasteiger partial charge is 0.191 e. The van der Waals surface area contributed by atoms with Gasteiger partial charge in [0.1, 0.15) is 0 Å². The second kappa shape index (κ2) is 7.02. The number of aromatic nitrogens is 4. The minimum atomic E-state index is 0.848. The monoisotopic (exact) mass is 305 g/mol. The zero-order valence-corrected chi connectivity index (χ0v) is 12.9. The van der Waals surface area contributed by atoms with Crippen LogP contribution in [-0.4, -0.2) is 63.2 Å². The van der Waals surface area contributed by atoms with Gasteiger partial charge in [-0.25, -0.2) is 0 Å². The third-order valence-corrected chi connectivity index (χ3v) is 4.52. The summed E-state index contributed by atoms with van der Waals surface area (Å²) in [5.74, 6) is 1.90. The molecule has 1 fully saturated rings. The van der Waals surface area contributed by atoms with Crippen molar-refractivity contribution in [1.82, 2.24) is 24.6 Å². The van der Waals surface area contributed by atoms with Gasteiger partial charge in [0.05, 0.1) is 13.2 Å². The fourth-order valence-electron chi connectivity index (χ4n) is 2.28. The zero-order valence-electron chi connectivity index (χ0n) is 12.1. The number of hydrogen-bond acceptors (Lipinski definition) is 6. The lowest BCUT2D eigenvalue weighted by Crippen LogP contribution is -2.37. The van der Waals surface area contributed by atoms with Gasteiger partial charge in [0.25, 0.3) is 0 Å². The van der Waals surface area contributed by atoms with Crippen LogP contribution in [0, 0.1) is 0 Å². The van der Waals surface area contributed by atoms with Gasteiger partial charge in [0.15, 0.2) is 11.0 Å². The normalized spacial score (nSPS) is 16.2. The predicted molar refractivity (Wildman–Crippen MR) is 82.2 cm³/mol. The number of ether oxygens (including phenoxy) is 1. The summed E-state index contributed by atoms with van der Waals surface area (Å²) >= 11 is 1.75. The Balaban J connectivity index is 1.58. The lowest BCUT2D eigenvalue weighted by Gasteiger charge is -2.26. The van der Waals surface area contributed by atoms with Crippen molar-refractivity contribution in [2.24, 2.45) is 7.05 Å². The van der Waals surface area contributed by atoms with Crippen LogP contribution in [0.3, 0.4) is 0 Å². The van der Waals surface area contributed by atoms with Crippen LogP contribution in [0.2, 0.25) is 0 Å². The van der Waals surface area contributed by atoms with Gasteiger partial charge < -0.3 is 9.30 Å². The predicted octanol–water partition coefficient (Wildman–Crippen LogP) is 1.30. The number of pyridine rings is 1. The average molecular weight is 305 g/mol. The van der Waals surface area contributed by atoms with Gasteiger partial charge in [-0.2, -0.15) is 0 Å². The van der Waals surface area contributed by atoms with E-state index in [1.165, 1.54) is 0 Å². The first kappa shape index (κ1) is 14.5. The zero-order chi connectivity index (χ0) is 14.5. The van der Waals surface area contributed by atoms with Crippen LogP contribution in [0.25, 0.3) is 11.4 Å². The van der Waals surface area contributed by atoms with E-state index in [2.05, 4.69) is 20.1 Å². The molecule has 0 spiro atoms. The molecule has 0 atom stereocenters. The summed E-state index contributed by atoms with van der Waals surface area (Å²) in [6.45, 7) is 4.82. The van der Waals surface area contributed by atoms with Crippen LogP contribution in [0.4, 0.5) is 0 Å². The quantitative estimate of drug-likeness (QED) is 0.776. The molecular formula is C14H19N5OS. The van der Waals surface area contributed by atoms with Crippen molar-refractivity contribution in [2.75, 3.05) is 38.6 Å². The molecule has 7 heteroatoms. The molecule has 1 aliphatic heterocycles. The summed E-state index contributed by atoms with van der Waals surface area (Å²) in [6.07, 6.45) is 3.55. The summed E-state index contributed by atoms with van der Waals surface area (Å²) in [4.78, 5) is 6.46. The number of hydrogen-bond donors (Lipinski definition) is 0. The molecule has 2 aromatic rings. The van der Waals surface area contributed by atoms with Gasteiger partial charge >= 0.3 is 0 Å². The number of rotatable bonds is 5. The minimum Gasteiger partial charge on any atom is -0.379 e. The molecular weight excluding hydrogens is 286 g/mol. The average Bonchev–Trinajstić information content (AvgIpc) is 2.90. The lowest BCUT2D eigenvalue weighted by molar-refractivity contribution is 0.0410. The van der Waals surface area contributed by atoms with E-state index in [1.807, 2.05) is 23.7 Å². The van der Waals surface area contributed by atoms with Gasteiger partial charge in [-0.05, 0) is 12.1 Å². The van der Waals surface area contributed by atoms with Crippen LogP contribution in [0.5, 0.6) is 0 Å². The van der Waals surface area contributed by atoms with Crippen LogP contribution >= 0.6 is 11.8 Å². The Hall–Kier alpha value is -1.44. The summed E-state index contributed by atoms with van der Waals surface area (Å²) in [7, 11) is 2.01. The number of morpholine rings is 1. The Morgan fingerprint density at radius 3 is 2.71 bits per heavy atom. The first-order valence-corrected chi connectivity index (χ1v) is 8.06. The minimum absolute atomic E-state index is 0.848. The van der Waals surface area contributed by atoms with E-state index in [9.17, 15) is 0 Å². The molecule has 3 heterocycles. The molecule has 1 aliphatic rings. The van der Waals surface area contributed by atoms with Crippen molar-refractivity contribution in [3.63, 3.8) is 0 Å². The fourth-order valence-corrected chi connectivity index (χ4v) is 3.19. The van der Waals surface area contributed by atoms with E-state index in [1.54, 1.807) is 24.2 Å². The molecule has 6 nitrogen and oxygen atoms in total. The van der Waals surface area contributed by atoms with Crippen molar-refractivity contribution < 1.29 is 4.74 Å². The standard InChI is InChI=1S/C14H19N5OS/c1-18-13(12-2-4-15-5-3-12)16-17-14(18)21-11-8-19-6-9-20-10-7-19/h2-5H,6-11H2,1H3. The fraction of sp³-hybridized carbons (Fsp3) is 0.500. The van der Waals surface area contributed by atoms with E-state index in [-0.39, 0.29) is 0 Å². The molecule has 112 valence electrons. The van der Waals surface area contributed by atoms with Gasteiger partial charge in [0.2, 0.25) is 0 Å². The molecule has 2 aromatic heterocycles. The van der Waals surface area contributed by atoms with Gasteiger partial charge in [-0.1, -0.05) is 11.8 Å². The van der Waals surface area contributed by atoms with Crippen molar-refractivity contribution in [2.45, 2.75) is 5.16 Å². The first-order valence-electron chi connectivity index (χ1n) is 7.07. The Bertz CT molecular complexity index is 568. The molecule has 0 amide bonds. The maximum atomic E-state index is 5.36. The topological polar surface area (TPSA) is 56.1 Å².